The van der Waals surface area contributed by atoms with Gasteiger partial charge in [-0.3, -0.25) is 9.59 Å². The van der Waals surface area contributed by atoms with Crippen LogP contribution >= 0.6 is 11.3 Å². The van der Waals surface area contributed by atoms with Crippen molar-refractivity contribution in [2.75, 3.05) is 13.2 Å². The molecule has 128 valence electrons. The zero-order chi connectivity index (χ0) is 17.4. The lowest BCUT2D eigenvalue weighted by atomic mass is 10.2. The predicted octanol–water partition coefficient (Wildman–Crippen LogP) is 2.76. The minimum absolute atomic E-state index is 0.106. The minimum Gasteiger partial charge on any atom is -0.491 e. The number of aryl methyl sites for hydroxylation is 1. The number of hydrogen-bond acceptors (Lipinski definition) is 4. The molecule has 0 fully saturated rings. The Morgan fingerprint density at radius 1 is 1.29 bits per heavy atom. The van der Waals surface area contributed by atoms with Gasteiger partial charge in [-0.2, -0.15) is 11.3 Å². The van der Waals surface area contributed by atoms with E-state index in [0.717, 1.165) is 11.3 Å². The Labute approximate surface area is 146 Å². The molecule has 1 aromatic heterocycles. The standard InChI is InChI=1S/C18H22N2O3S/c1-13-4-3-5-16(10-13)23-11-14(2)20-17(21)6-8-19-18(22)15-7-9-24-12-15/h3-5,7,9-10,12,14H,6,8,11H2,1-2H3,(H,19,22)(H,20,21). The zero-order valence-electron chi connectivity index (χ0n) is 13.9. The zero-order valence-corrected chi connectivity index (χ0v) is 14.7. The first-order valence-electron chi connectivity index (χ1n) is 7.84. The second-order valence-corrected chi connectivity index (χ2v) is 6.39. The fourth-order valence-corrected chi connectivity index (χ4v) is 2.74. The summed E-state index contributed by atoms with van der Waals surface area (Å²) in [6.07, 6.45) is 0.241. The van der Waals surface area contributed by atoms with Gasteiger partial charge < -0.3 is 15.4 Å². The minimum atomic E-state index is -0.153. The molecule has 0 bridgehead atoms. The number of carbonyl (C=O) groups excluding carboxylic acids is 2. The van der Waals surface area contributed by atoms with Crippen molar-refractivity contribution >= 4 is 23.2 Å². The van der Waals surface area contributed by atoms with Crippen molar-refractivity contribution in [1.82, 2.24) is 10.6 Å². The van der Waals surface area contributed by atoms with Crippen LogP contribution in [0.25, 0.3) is 0 Å². The van der Waals surface area contributed by atoms with Gasteiger partial charge in [0.1, 0.15) is 12.4 Å². The van der Waals surface area contributed by atoms with E-state index in [4.69, 9.17) is 4.74 Å². The molecule has 0 spiro atoms. The Hall–Kier alpha value is -2.34. The fraction of sp³-hybridized carbons (Fsp3) is 0.333. The lowest BCUT2D eigenvalue weighted by molar-refractivity contribution is -0.121. The third-order valence-corrected chi connectivity index (χ3v) is 4.00. The van der Waals surface area contributed by atoms with E-state index in [1.165, 1.54) is 11.3 Å². The van der Waals surface area contributed by atoms with Gasteiger partial charge in [-0.15, -0.1) is 0 Å². The van der Waals surface area contributed by atoms with E-state index in [0.29, 0.717) is 18.7 Å². The highest BCUT2D eigenvalue weighted by atomic mass is 32.1. The maximum Gasteiger partial charge on any atom is 0.252 e. The number of rotatable bonds is 8. The van der Waals surface area contributed by atoms with Gasteiger partial charge in [0.15, 0.2) is 0 Å². The van der Waals surface area contributed by atoms with Gasteiger partial charge in [0.05, 0.1) is 6.04 Å². The molecule has 2 rings (SSSR count). The predicted molar refractivity (Wildman–Crippen MR) is 95.5 cm³/mol. The second-order valence-electron chi connectivity index (χ2n) is 5.61. The van der Waals surface area contributed by atoms with E-state index in [1.54, 1.807) is 11.4 Å². The lowest BCUT2D eigenvalue weighted by Crippen LogP contribution is -2.38. The first-order valence-corrected chi connectivity index (χ1v) is 8.78. The van der Waals surface area contributed by atoms with Crippen molar-refractivity contribution in [3.8, 4) is 5.75 Å². The van der Waals surface area contributed by atoms with Crippen molar-refractivity contribution in [2.45, 2.75) is 26.3 Å². The molecule has 1 atom stereocenters. The summed E-state index contributed by atoms with van der Waals surface area (Å²) in [5.74, 6) is 0.528. The summed E-state index contributed by atoms with van der Waals surface area (Å²) in [7, 11) is 0. The van der Waals surface area contributed by atoms with E-state index in [1.807, 2.05) is 43.5 Å². The van der Waals surface area contributed by atoms with Crippen LogP contribution in [-0.4, -0.2) is 31.0 Å². The van der Waals surface area contributed by atoms with Crippen molar-refractivity contribution in [3.05, 3.63) is 52.2 Å². The Bertz CT molecular complexity index is 671. The van der Waals surface area contributed by atoms with E-state index in [2.05, 4.69) is 10.6 Å². The van der Waals surface area contributed by atoms with Gasteiger partial charge in [-0.1, -0.05) is 12.1 Å². The van der Waals surface area contributed by atoms with E-state index >= 15 is 0 Å². The summed E-state index contributed by atoms with van der Waals surface area (Å²) < 4.78 is 5.66. The Morgan fingerprint density at radius 3 is 2.83 bits per heavy atom. The molecule has 0 aliphatic carbocycles. The normalized spacial score (nSPS) is 11.6. The van der Waals surface area contributed by atoms with Crippen LogP contribution in [0, 0.1) is 6.92 Å². The highest BCUT2D eigenvalue weighted by molar-refractivity contribution is 7.08. The summed E-state index contributed by atoms with van der Waals surface area (Å²) in [5, 5.41) is 9.21. The number of ether oxygens (including phenoxy) is 1. The van der Waals surface area contributed by atoms with E-state index in [-0.39, 0.29) is 24.3 Å². The van der Waals surface area contributed by atoms with Crippen LogP contribution in [0.5, 0.6) is 5.75 Å². The van der Waals surface area contributed by atoms with Gasteiger partial charge in [0.25, 0.3) is 5.91 Å². The molecule has 1 aromatic carbocycles. The Morgan fingerprint density at radius 2 is 2.12 bits per heavy atom. The number of amides is 2. The van der Waals surface area contributed by atoms with E-state index < -0.39 is 0 Å². The quantitative estimate of drug-likeness (QED) is 0.772. The maximum absolute atomic E-state index is 11.9. The molecule has 1 heterocycles. The average molecular weight is 346 g/mol. The second kappa shape index (κ2) is 9.08. The van der Waals surface area contributed by atoms with E-state index in [9.17, 15) is 9.59 Å². The molecule has 6 heteroatoms. The number of nitrogens with one attached hydrogen (secondary N) is 2. The number of hydrogen-bond donors (Lipinski definition) is 2. The van der Waals surface area contributed by atoms with Gasteiger partial charge in [-0.05, 0) is 43.0 Å². The molecule has 0 aliphatic heterocycles. The molecule has 0 saturated carbocycles. The van der Waals surface area contributed by atoms with Crippen LogP contribution in [-0.2, 0) is 4.79 Å². The largest absolute Gasteiger partial charge is 0.491 e. The summed E-state index contributed by atoms with van der Waals surface area (Å²) in [5.41, 5.74) is 1.76. The first kappa shape index (κ1) is 18.0. The smallest absolute Gasteiger partial charge is 0.252 e. The third kappa shape index (κ3) is 6.04. The topological polar surface area (TPSA) is 67.4 Å². The Balaban J connectivity index is 1.63. The Kier molecular flexibility index (Phi) is 6.81. The SMILES string of the molecule is Cc1cccc(OCC(C)NC(=O)CCNC(=O)c2ccsc2)c1. The van der Waals surface area contributed by atoms with Gasteiger partial charge in [0, 0.05) is 23.9 Å². The van der Waals surface area contributed by atoms with Crippen molar-refractivity contribution in [3.63, 3.8) is 0 Å². The molecule has 5 nitrogen and oxygen atoms in total. The molecule has 2 aromatic rings. The van der Waals surface area contributed by atoms with Crippen LogP contribution < -0.4 is 15.4 Å². The third-order valence-electron chi connectivity index (χ3n) is 3.32. The van der Waals surface area contributed by atoms with Gasteiger partial charge >= 0.3 is 0 Å². The van der Waals surface area contributed by atoms with Gasteiger partial charge in [-0.25, -0.2) is 0 Å². The average Bonchev–Trinajstić information content (AvgIpc) is 3.07. The van der Waals surface area contributed by atoms with Crippen LogP contribution in [0.2, 0.25) is 0 Å². The highest BCUT2D eigenvalue weighted by Gasteiger charge is 2.10. The molecule has 2 N–H and O–H groups in total. The first-order chi connectivity index (χ1) is 11.5. The fourth-order valence-electron chi connectivity index (χ4n) is 2.10. The molecule has 2 amide bonds. The number of thiophene rings is 1. The van der Waals surface area contributed by atoms with Crippen LogP contribution in [0.1, 0.15) is 29.3 Å². The molecule has 0 radical (unpaired) electrons. The van der Waals surface area contributed by atoms with Crippen molar-refractivity contribution < 1.29 is 14.3 Å². The van der Waals surface area contributed by atoms with Gasteiger partial charge in [0.2, 0.25) is 5.91 Å². The molecule has 0 aliphatic rings. The van der Waals surface area contributed by atoms with Crippen molar-refractivity contribution in [2.24, 2.45) is 0 Å². The maximum atomic E-state index is 11.9. The number of benzene rings is 1. The molecule has 0 saturated heterocycles. The van der Waals surface area contributed by atoms with Crippen molar-refractivity contribution in [1.29, 1.82) is 0 Å². The monoisotopic (exact) mass is 346 g/mol. The summed E-state index contributed by atoms with van der Waals surface area (Å²) in [4.78, 5) is 23.6. The molecule has 24 heavy (non-hydrogen) atoms. The van der Waals surface area contributed by atoms with Crippen LogP contribution in [0.4, 0.5) is 0 Å². The molecular weight excluding hydrogens is 324 g/mol. The summed E-state index contributed by atoms with van der Waals surface area (Å²) in [6, 6.07) is 9.43. The number of carbonyl (C=O) groups is 2. The van der Waals surface area contributed by atoms with Crippen LogP contribution in [0.15, 0.2) is 41.1 Å². The summed E-state index contributed by atoms with van der Waals surface area (Å²) >= 11 is 1.47. The molecule has 1 unspecified atom stereocenters. The summed E-state index contributed by atoms with van der Waals surface area (Å²) in [6.45, 7) is 4.60. The lowest BCUT2D eigenvalue weighted by Gasteiger charge is -2.15. The molecular formula is C18H22N2O3S. The van der Waals surface area contributed by atoms with Crippen LogP contribution in [0.3, 0.4) is 0 Å². The highest BCUT2D eigenvalue weighted by Crippen LogP contribution is 2.12.